The van der Waals surface area contributed by atoms with Crippen LogP contribution < -0.4 is 10.1 Å². The molecule has 4 nitrogen and oxygen atoms in total. The van der Waals surface area contributed by atoms with Crippen LogP contribution in [0.25, 0.3) is 10.6 Å². The molecule has 0 atom stereocenters. The van der Waals surface area contributed by atoms with Crippen LogP contribution in [0.4, 0.5) is 0 Å². The van der Waals surface area contributed by atoms with E-state index in [4.69, 9.17) is 16.3 Å². The summed E-state index contributed by atoms with van der Waals surface area (Å²) in [6.07, 6.45) is 0.743. The van der Waals surface area contributed by atoms with Crippen molar-refractivity contribution in [1.29, 1.82) is 0 Å². The molecule has 1 aromatic heterocycles. The second kappa shape index (κ2) is 9.02. The van der Waals surface area contributed by atoms with E-state index in [-0.39, 0.29) is 12.5 Å². The zero-order chi connectivity index (χ0) is 19.2. The van der Waals surface area contributed by atoms with Crippen molar-refractivity contribution in [3.05, 3.63) is 69.7 Å². The van der Waals surface area contributed by atoms with Crippen molar-refractivity contribution in [2.75, 3.05) is 13.2 Å². The second-order valence-corrected chi connectivity index (χ2v) is 7.76. The highest BCUT2D eigenvalue weighted by Crippen LogP contribution is 2.28. The van der Waals surface area contributed by atoms with Crippen LogP contribution in [0.15, 0.2) is 48.5 Å². The summed E-state index contributed by atoms with van der Waals surface area (Å²) >= 11 is 7.58. The maximum absolute atomic E-state index is 12.0. The number of carbonyl (C=O) groups is 1. The van der Waals surface area contributed by atoms with E-state index in [1.807, 2.05) is 62.4 Å². The number of benzene rings is 2. The Balaban J connectivity index is 1.48. The number of hydrogen-bond donors (Lipinski definition) is 1. The molecular weight excluding hydrogens is 380 g/mol. The molecule has 3 rings (SSSR count). The lowest BCUT2D eigenvalue weighted by molar-refractivity contribution is -0.123. The zero-order valence-corrected chi connectivity index (χ0v) is 16.9. The van der Waals surface area contributed by atoms with Crippen LogP contribution in [-0.2, 0) is 11.2 Å². The number of halogens is 1. The summed E-state index contributed by atoms with van der Waals surface area (Å²) in [5.74, 6) is 0.577. The van der Waals surface area contributed by atoms with Gasteiger partial charge in [0.2, 0.25) is 0 Å². The quantitative estimate of drug-likeness (QED) is 0.618. The summed E-state index contributed by atoms with van der Waals surface area (Å²) in [7, 11) is 0. The van der Waals surface area contributed by atoms with Crippen LogP contribution in [0.2, 0.25) is 5.02 Å². The summed E-state index contributed by atoms with van der Waals surface area (Å²) in [4.78, 5) is 17.8. The van der Waals surface area contributed by atoms with Gasteiger partial charge in [-0.25, -0.2) is 4.98 Å². The number of nitrogens with one attached hydrogen (secondary N) is 1. The normalized spacial score (nSPS) is 10.6. The molecule has 27 heavy (non-hydrogen) atoms. The van der Waals surface area contributed by atoms with Gasteiger partial charge in [0.15, 0.2) is 6.61 Å². The molecule has 0 saturated carbocycles. The number of aromatic nitrogens is 1. The van der Waals surface area contributed by atoms with Gasteiger partial charge in [0, 0.05) is 28.4 Å². The summed E-state index contributed by atoms with van der Waals surface area (Å²) in [6.45, 7) is 4.55. The molecule has 1 N–H and O–H groups in total. The first-order valence-electron chi connectivity index (χ1n) is 8.69. The molecule has 2 aromatic carbocycles. The standard InChI is InChI=1S/C21H21ClN2O2S/c1-14-4-3-5-18(12-14)26-13-20(25)23-11-10-19-15(2)24-21(27-19)16-6-8-17(22)9-7-16/h3-9,12H,10-11,13H2,1-2H3,(H,23,25). The number of nitrogens with zero attached hydrogens (tertiary/aromatic N) is 1. The number of carbonyl (C=O) groups excluding carboxylic acids is 1. The van der Waals surface area contributed by atoms with Gasteiger partial charge in [0.25, 0.3) is 5.91 Å². The smallest absolute Gasteiger partial charge is 0.257 e. The monoisotopic (exact) mass is 400 g/mol. The fourth-order valence-corrected chi connectivity index (χ4v) is 3.79. The van der Waals surface area contributed by atoms with Gasteiger partial charge in [0.1, 0.15) is 10.8 Å². The molecule has 6 heteroatoms. The Bertz CT molecular complexity index is 922. The van der Waals surface area contributed by atoms with E-state index in [9.17, 15) is 4.79 Å². The van der Waals surface area contributed by atoms with Gasteiger partial charge < -0.3 is 10.1 Å². The Hall–Kier alpha value is -2.37. The van der Waals surface area contributed by atoms with Crippen LogP contribution in [-0.4, -0.2) is 24.0 Å². The lowest BCUT2D eigenvalue weighted by Crippen LogP contribution is -2.30. The highest BCUT2D eigenvalue weighted by molar-refractivity contribution is 7.15. The molecule has 0 bridgehead atoms. The van der Waals surface area contributed by atoms with Crippen molar-refractivity contribution >= 4 is 28.8 Å². The molecule has 0 spiro atoms. The fraction of sp³-hybridized carbons (Fsp3) is 0.238. The maximum Gasteiger partial charge on any atom is 0.257 e. The summed E-state index contributed by atoms with van der Waals surface area (Å²) in [5.41, 5.74) is 3.15. The molecule has 0 fully saturated rings. The van der Waals surface area contributed by atoms with E-state index in [0.29, 0.717) is 17.3 Å². The van der Waals surface area contributed by atoms with E-state index in [0.717, 1.165) is 28.2 Å². The largest absolute Gasteiger partial charge is 0.484 e. The van der Waals surface area contributed by atoms with E-state index < -0.39 is 0 Å². The molecule has 0 aliphatic carbocycles. The van der Waals surface area contributed by atoms with Crippen LogP contribution in [0.3, 0.4) is 0 Å². The van der Waals surface area contributed by atoms with Crippen LogP contribution in [0, 0.1) is 13.8 Å². The number of thiazole rings is 1. The first-order chi connectivity index (χ1) is 13.0. The second-order valence-electron chi connectivity index (χ2n) is 6.24. The van der Waals surface area contributed by atoms with Crippen LogP contribution >= 0.6 is 22.9 Å². The van der Waals surface area contributed by atoms with Gasteiger partial charge in [-0.05, 0) is 43.7 Å². The highest BCUT2D eigenvalue weighted by atomic mass is 35.5. The van der Waals surface area contributed by atoms with E-state index in [1.54, 1.807) is 11.3 Å². The molecule has 0 unspecified atom stereocenters. The molecule has 0 radical (unpaired) electrons. The lowest BCUT2D eigenvalue weighted by atomic mass is 10.2. The van der Waals surface area contributed by atoms with Crippen molar-refractivity contribution in [3.63, 3.8) is 0 Å². The number of ether oxygens (including phenoxy) is 1. The topological polar surface area (TPSA) is 51.2 Å². The van der Waals surface area contributed by atoms with Crippen molar-refractivity contribution < 1.29 is 9.53 Å². The maximum atomic E-state index is 12.0. The van der Waals surface area contributed by atoms with Gasteiger partial charge in [-0.2, -0.15) is 0 Å². The van der Waals surface area contributed by atoms with Gasteiger partial charge in [-0.15, -0.1) is 11.3 Å². The molecule has 0 aliphatic heterocycles. The SMILES string of the molecule is Cc1cccc(OCC(=O)NCCc2sc(-c3ccc(Cl)cc3)nc2C)c1. The molecular formula is C21H21ClN2O2S. The Labute approximate surface area is 168 Å². The highest BCUT2D eigenvalue weighted by Gasteiger charge is 2.10. The van der Waals surface area contributed by atoms with E-state index in [1.165, 1.54) is 4.88 Å². The van der Waals surface area contributed by atoms with E-state index in [2.05, 4.69) is 10.3 Å². The minimum atomic E-state index is -0.128. The number of amides is 1. The number of hydrogen-bond acceptors (Lipinski definition) is 4. The molecule has 1 amide bonds. The van der Waals surface area contributed by atoms with Crippen LogP contribution in [0.1, 0.15) is 16.1 Å². The molecule has 3 aromatic rings. The van der Waals surface area contributed by atoms with Crippen molar-refractivity contribution in [1.82, 2.24) is 10.3 Å². The average Bonchev–Trinajstić information content (AvgIpc) is 3.01. The molecule has 0 aliphatic rings. The van der Waals surface area contributed by atoms with Crippen molar-refractivity contribution in [2.45, 2.75) is 20.3 Å². The van der Waals surface area contributed by atoms with Gasteiger partial charge in [-0.1, -0.05) is 35.9 Å². The summed E-state index contributed by atoms with van der Waals surface area (Å²) in [6, 6.07) is 15.3. The first kappa shape index (κ1) is 19.4. The minimum absolute atomic E-state index is 0.0150. The molecule has 0 saturated heterocycles. The Kier molecular flexibility index (Phi) is 6.48. The minimum Gasteiger partial charge on any atom is -0.484 e. The Morgan fingerprint density at radius 3 is 2.70 bits per heavy atom. The van der Waals surface area contributed by atoms with Gasteiger partial charge in [-0.3, -0.25) is 4.79 Å². The molecule has 140 valence electrons. The van der Waals surface area contributed by atoms with Crippen molar-refractivity contribution in [3.8, 4) is 16.3 Å². The van der Waals surface area contributed by atoms with Crippen molar-refractivity contribution in [2.24, 2.45) is 0 Å². The third-order valence-electron chi connectivity index (χ3n) is 4.02. The fourth-order valence-electron chi connectivity index (χ4n) is 2.60. The Morgan fingerprint density at radius 1 is 1.19 bits per heavy atom. The zero-order valence-electron chi connectivity index (χ0n) is 15.3. The summed E-state index contributed by atoms with van der Waals surface area (Å²) < 4.78 is 5.51. The predicted molar refractivity (Wildman–Crippen MR) is 111 cm³/mol. The third-order valence-corrected chi connectivity index (χ3v) is 5.54. The van der Waals surface area contributed by atoms with E-state index >= 15 is 0 Å². The van der Waals surface area contributed by atoms with Gasteiger partial charge in [0.05, 0.1) is 5.69 Å². The predicted octanol–water partition coefficient (Wildman–Crippen LogP) is 4.82. The van der Waals surface area contributed by atoms with Gasteiger partial charge >= 0.3 is 0 Å². The third kappa shape index (κ3) is 5.55. The summed E-state index contributed by atoms with van der Waals surface area (Å²) in [5, 5.41) is 4.57. The Morgan fingerprint density at radius 2 is 1.96 bits per heavy atom. The van der Waals surface area contributed by atoms with Crippen LogP contribution in [0.5, 0.6) is 5.75 Å². The number of rotatable bonds is 7. The molecule has 1 heterocycles. The average molecular weight is 401 g/mol. The first-order valence-corrected chi connectivity index (χ1v) is 9.89. The number of aryl methyl sites for hydroxylation is 2. The lowest BCUT2D eigenvalue weighted by Gasteiger charge is -2.07.